The number of carbonyl (C=O) groups is 2. The summed E-state index contributed by atoms with van der Waals surface area (Å²) in [5, 5.41) is 0.570. The van der Waals surface area contributed by atoms with Crippen molar-refractivity contribution in [2.24, 2.45) is 0 Å². The van der Waals surface area contributed by atoms with E-state index in [4.69, 9.17) is 23.2 Å². The molecule has 1 fully saturated rings. The van der Waals surface area contributed by atoms with Gasteiger partial charge >= 0.3 is 0 Å². The van der Waals surface area contributed by atoms with Crippen molar-refractivity contribution < 1.29 is 18.0 Å². The molecule has 0 aliphatic carbocycles. The molecule has 2 aromatic rings. The highest BCUT2D eigenvalue weighted by Gasteiger charge is 2.33. The van der Waals surface area contributed by atoms with Crippen LogP contribution in [0.4, 0.5) is 0 Å². The second kappa shape index (κ2) is 13.6. The summed E-state index contributed by atoms with van der Waals surface area (Å²) in [5.41, 5.74) is 1.82. The number of sulfonamides is 1. The fourth-order valence-corrected chi connectivity index (χ4v) is 6.41. The number of alkyl halides is 1. The van der Waals surface area contributed by atoms with Gasteiger partial charge in [-0.3, -0.25) is 9.59 Å². The summed E-state index contributed by atoms with van der Waals surface area (Å²) in [6.45, 7) is 5.13. The van der Waals surface area contributed by atoms with Crippen LogP contribution in [-0.4, -0.2) is 72.4 Å². The van der Waals surface area contributed by atoms with Crippen molar-refractivity contribution in [1.29, 1.82) is 0 Å². The fraction of sp³-hybridized carbons (Fsp3) is 0.481. The molecule has 202 valence electrons. The third-order valence-electron chi connectivity index (χ3n) is 6.57. The molecular formula is C27H35Cl2N3O4S. The first-order valence-corrected chi connectivity index (χ1v) is 15.0. The molecule has 2 aromatic carbocycles. The molecule has 10 heteroatoms. The minimum absolute atomic E-state index is 0.0134. The topological polar surface area (TPSA) is 78.0 Å². The molecule has 1 saturated heterocycles. The smallest absolute Gasteiger partial charge is 0.243 e. The van der Waals surface area contributed by atoms with Crippen LogP contribution in [0.5, 0.6) is 0 Å². The summed E-state index contributed by atoms with van der Waals surface area (Å²) >= 11 is 11.9. The maximum Gasteiger partial charge on any atom is 0.243 e. The summed E-state index contributed by atoms with van der Waals surface area (Å²) in [5.74, 6) is 0.0232. The molecule has 0 bridgehead atoms. The average molecular weight is 569 g/mol. The van der Waals surface area contributed by atoms with E-state index in [1.807, 2.05) is 32.0 Å². The van der Waals surface area contributed by atoms with Crippen molar-refractivity contribution in [3.63, 3.8) is 0 Å². The van der Waals surface area contributed by atoms with Gasteiger partial charge in [0.2, 0.25) is 21.8 Å². The van der Waals surface area contributed by atoms with E-state index in [2.05, 4.69) is 0 Å². The van der Waals surface area contributed by atoms with Gasteiger partial charge in [0.05, 0.1) is 11.4 Å². The summed E-state index contributed by atoms with van der Waals surface area (Å²) in [4.78, 5) is 29.8. The van der Waals surface area contributed by atoms with Gasteiger partial charge in [0, 0.05) is 49.5 Å². The monoisotopic (exact) mass is 567 g/mol. The number of likely N-dealkylation sites (tertiary alicyclic amines) is 1. The maximum absolute atomic E-state index is 13.8. The molecule has 0 atom stereocenters. The third kappa shape index (κ3) is 7.93. The lowest BCUT2D eigenvalue weighted by molar-refractivity contribution is -0.137. The molecule has 0 saturated carbocycles. The van der Waals surface area contributed by atoms with Crippen LogP contribution in [0.15, 0.2) is 53.4 Å². The van der Waals surface area contributed by atoms with E-state index in [9.17, 15) is 18.0 Å². The van der Waals surface area contributed by atoms with Crippen molar-refractivity contribution in [2.45, 2.75) is 57.0 Å². The molecule has 1 aliphatic rings. The molecule has 37 heavy (non-hydrogen) atoms. The second-order valence-electron chi connectivity index (χ2n) is 9.35. The van der Waals surface area contributed by atoms with Crippen LogP contribution in [-0.2, 0) is 26.2 Å². The normalized spacial score (nSPS) is 14.7. The Kier molecular flexibility index (Phi) is 10.8. The first-order chi connectivity index (χ1) is 17.6. The van der Waals surface area contributed by atoms with Gasteiger partial charge in [0.15, 0.2) is 0 Å². The van der Waals surface area contributed by atoms with Gasteiger partial charge in [-0.2, -0.15) is 4.31 Å². The molecule has 1 aliphatic heterocycles. The lowest BCUT2D eigenvalue weighted by Gasteiger charge is -2.39. The van der Waals surface area contributed by atoms with Crippen LogP contribution in [0, 0.1) is 6.92 Å². The summed E-state index contributed by atoms with van der Waals surface area (Å²) in [6.07, 6.45) is 2.09. The van der Waals surface area contributed by atoms with Crippen molar-refractivity contribution >= 4 is 45.0 Å². The van der Waals surface area contributed by atoms with Crippen molar-refractivity contribution in [2.75, 3.05) is 32.1 Å². The largest absolute Gasteiger partial charge is 0.343 e. The number of amides is 2. The number of nitrogens with zero attached hydrogens (tertiary/aromatic N) is 3. The number of halogens is 2. The number of carbonyl (C=O) groups excluding carboxylic acids is 2. The number of piperidine rings is 1. The van der Waals surface area contributed by atoms with E-state index < -0.39 is 10.0 Å². The molecule has 1 heterocycles. The van der Waals surface area contributed by atoms with Crippen LogP contribution in [0.3, 0.4) is 0 Å². The molecule has 3 rings (SSSR count). The minimum atomic E-state index is -3.85. The number of rotatable bonds is 11. The number of hydrogen-bond donors (Lipinski definition) is 0. The predicted octanol–water partition coefficient (Wildman–Crippen LogP) is 4.70. The van der Waals surface area contributed by atoms with Crippen molar-refractivity contribution in [3.8, 4) is 0 Å². The van der Waals surface area contributed by atoms with Crippen LogP contribution >= 0.6 is 23.2 Å². The lowest BCUT2D eigenvalue weighted by Crippen LogP contribution is -2.51. The van der Waals surface area contributed by atoms with Gasteiger partial charge < -0.3 is 9.80 Å². The van der Waals surface area contributed by atoms with E-state index in [1.54, 1.807) is 40.1 Å². The van der Waals surface area contributed by atoms with E-state index >= 15 is 0 Å². The number of benzene rings is 2. The zero-order valence-electron chi connectivity index (χ0n) is 21.4. The first kappa shape index (κ1) is 29.4. The van der Waals surface area contributed by atoms with Crippen LogP contribution in [0.25, 0.3) is 0 Å². The van der Waals surface area contributed by atoms with Gasteiger partial charge in [-0.25, -0.2) is 8.42 Å². The first-order valence-electron chi connectivity index (χ1n) is 12.6. The Labute approximate surface area is 230 Å². The third-order valence-corrected chi connectivity index (χ3v) is 8.86. The Morgan fingerprint density at radius 2 is 1.76 bits per heavy atom. The SMILES string of the molecule is CCCN(CC(=O)N(Cc1cccc(Cl)c1)C1CCN(C(=O)CCCl)CC1)S(=O)(=O)c1ccc(C)cc1. The molecule has 0 N–H and O–H groups in total. The highest BCUT2D eigenvalue weighted by molar-refractivity contribution is 7.89. The zero-order chi connectivity index (χ0) is 27.0. The highest BCUT2D eigenvalue weighted by Crippen LogP contribution is 2.23. The summed E-state index contributed by atoms with van der Waals surface area (Å²) < 4.78 is 28.1. The standard InChI is InChI=1S/C27H35Cl2N3O4S/c1-3-15-31(37(35,36)25-9-7-21(2)8-10-25)20-27(34)32(19-22-5-4-6-23(29)18-22)24-12-16-30(17-13-24)26(33)11-14-28/h4-10,18,24H,3,11-17,19-20H2,1-2H3. The number of aryl methyl sites for hydroxylation is 1. The van der Waals surface area contributed by atoms with E-state index in [0.717, 1.165) is 11.1 Å². The molecule has 0 radical (unpaired) electrons. The van der Waals surface area contributed by atoms with E-state index in [1.165, 1.54) is 4.31 Å². The van der Waals surface area contributed by atoms with Crippen molar-refractivity contribution in [1.82, 2.24) is 14.1 Å². The van der Waals surface area contributed by atoms with E-state index in [0.29, 0.717) is 50.3 Å². The van der Waals surface area contributed by atoms with Gasteiger partial charge in [-0.05, 0) is 56.0 Å². The Balaban J connectivity index is 1.83. The quantitative estimate of drug-likeness (QED) is 0.369. The molecule has 7 nitrogen and oxygen atoms in total. The molecule has 0 aromatic heterocycles. The predicted molar refractivity (Wildman–Crippen MR) is 147 cm³/mol. The van der Waals surface area contributed by atoms with Gasteiger partial charge in [-0.15, -0.1) is 11.6 Å². The van der Waals surface area contributed by atoms with Crippen LogP contribution in [0.2, 0.25) is 5.02 Å². The molecule has 0 spiro atoms. The van der Waals surface area contributed by atoms with Gasteiger partial charge in [-0.1, -0.05) is 48.4 Å². The van der Waals surface area contributed by atoms with Crippen LogP contribution < -0.4 is 0 Å². The Hall–Kier alpha value is -2.13. The maximum atomic E-state index is 13.8. The summed E-state index contributed by atoms with van der Waals surface area (Å²) in [6, 6.07) is 13.9. The van der Waals surface area contributed by atoms with Gasteiger partial charge in [0.25, 0.3) is 0 Å². The Bertz CT molecular complexity index is 1170. The molecule has 0 unspecified atom stereocenters. The van der Waals surface area contributed by atoms with E-state index in [-0.39, 0.29) is 41.7 Å². The average Bonchev–Trinajstić information content (AvgIpc) is 2.87. The Morgan fingerprint density at radius 3 is 2.35 bits per heavy atom. The lowest BCUT2D eigenvalue weighted by atomic mass is 10.0. The minimum Gasteiger partial charge on any atom is -0.343 e. The second-order valence-corrected chi connectivity index (χ2v) is 12.1. The number of hydrogen-bond acceptors (Lipinski definition) is 4. The fourth-order valence-electron chi connectivity index (χ4n) is 4.55. The highest BCUT2D eigenvalue weighted by atomic mass is 35.5. The summed E-state index contributed by atoms with van der Waals surface area (Å²) in [7, 11) is -3.85. The van der Waals surface area contributed by atoms with Crippen molar-refractivity contribution in [3.05, 3.63) is 64.7 Å². The zero-order valence-corrected chi connectivity index (χ0v) is 23.7. The molecule has 2 amide bonds. The van der Waals surface area contributed by atoms with Gasteiger partial charge in [0.1, 0.15) is 0 Å². The van der Waals surface area contributed by atoms with Crippen LogP contribution in [0.1, 0.15) is 43.7 Å². The molecular weight excluding hydrogens is 533 g/mol. The Morgan fingerprint density at radius 1 is 1.08 bits per heavy atom.